The van der Waals surface area contributed by atoms with Gasteiger partial charge in [-0.3, -0.25) is 4.90 Å². The quantitative estimate of drug-likeness (QED) is 0.437. The third-order valence-corrected chi connectivity index (χ3v) is 5.90. The zero-order valence-corrected chi connectivity index (χ0v) is 17.3. The Kier molecular flexibility index (Phi) is 5.24. The Hall–Kier alpha value is -3.11. The minimum Gasteiger partial charge on any atom is -0.395 e. The summed E-state index contributed by atoms with van der Waals surface area (Å²) in [7, 11) is 0. The Morgan fingerprint density at radius 1 is 1.32 bits per heavy atom. The largest absolute Gasteiger partial charge is 0.395 e. The maximum Gasteiger partial charge on any atom is 0.182 e. The highest BCUT2D eigenvalue weighted by molar-refractivity contribution is 5.82. The normalized spacial score (nSPS) is 18.6. The number of β-amino-alcohol motifs (C(OH)–C–C–N with tert-alkyl or cyclic N) is 1. The van der Waals surface area contributed by atoms with E-state index in [0.29, 0.717) is 18.0 Å². The minimum atomic E-state index is -0.279. The number of fused-ring (bicyclic) bond motifs is 2. The number of likely N-dealkylation sites (tertiary alicyclic amines) is 1. The summed E-state index contributed by atoms with van der Waals surface area (Å²) < 4.78 is 16.3. The summed E-state index contributed by atoms with van der Waals surface area (Å²) in [5.41, 5.74) is 2.87. The van der Waals surface area contributed by atoms with E-state index >= 15 is 0 Å². The van der Waals surface area contributed by atoms with E-state index in [2.05, 4.69) is 34.7 Å². The number of hydrogen-bond donors (Lipinski definition) is 3. The zero-order chi connectivity index (χ0) is 21.4. The monoisotopic (exact) mass is 424 g/mol. The van der Waals surface area contributed by atoms with E-state index in [4.69, 9.17) is 4.98 Å². The van der Waals surface area contributed by atoms with Crippen LogP contribution in [0.2, 0.25) is 0 Å². The first kappa shape index (κ1) is 19.8. The minimum absolute atomic E-state index is 0.130. The molecule has 0 bridgehead atoms. The molecule has 1 saturated heterocycles. The first-order valence-electron chi connectivity index (χ1n) is 10.5. The molecule has 4 heterocycles. The smallest absolute Gasteiger partial charge is 0.182 e. The maximum absolute atomic E-state index is 14.1. The number of hydrogen-bond acceptors (Lipinski definition) is 7. The molecule has 1 aromatic carbocycles. The van der Waals surface area contributed by atoms with Gasteiger partial charge in [0.1, 0.15) is 23.5 Å². The molecule has 2 atom stereocenters. The molecule has 0 spiro atoms. The van der Waals surface area contributed by atoms with Gasteiger partial charge in [0.25, 0.3) is 0 Å². The first-order chi connectivity index (χ1) is 15.1. The topological polar surface area (TPSA) is 108 Å². The van der Waals surface area contributed by atoms with Crippen LogP contribution in [0.25, 0.3) is 22.2 Å². The van der Waals surface area contributed by atoms with Crippen molar-refractivity contribution in [1.29, 1.82) is 0 Å². The van der Waals surface area contributed by atoms with Crippen molar-refractivity contribution < 1.29 is 9.50 Å². The molecule has 9 nitrogen and oxygen atoms in total. The predicted molar refractivity (Wildman–Crippen MR) is 115 cm³/mol. The molecule has 3 aromatic heterocycles. The summed E-state index contributed by atoms with van der Waals surface area (Å²) in [6.45, 7) is 4.54. The van der Waals surface area contributed by atoms with Gasteiger partial charge in [-0.05, 0) is 44.5 Å². The Morgan fingerprint density at radius 2 is 2.23 bits per heavy atom. The summed E-state index contributed by atoms with van der Waals surface area (Å²) >= 11 is 0. The van der Waals surface area contributed by atoms with Crippen molar-refractivity contribution in [2.75, 3.05) is 31.6 Å². The van der Waals surface area contributed by atoms with Crippen molar-refractivity contribution in [1.82, 2.24) is 34.4 Å². The number of imidazole rings is 2. The van der Waals surface area contributed by atoms with Crippen molar-refractivity contribution >= 4 is 28.0 Å². The van der Waals surface area contributed by atoms with Gasteiger partial charge in [0.15, 0.2) is 11.5 Å². The molecule has 1 aliphatic heterocycles. The number of benzene rings is 1. The van der Waals surface area contributed by atoms with Crippen LogP contribution in [-0.2, 0) is 0 Å². The van der Waals surface area contributed by atoms with Crippen LogP contribution in [0.5, 0.6) is 0 Å². The molecule has 1 fully saturated rings. The molecule has 5 rings (SSSR count). The molecule has 0 saturated carbocycles. The van der Waals surface area contributed by atoms with E-state index in [1.165, 1.54) is 12.4 Å². The average Bonchev–Trinajstić information content (AvgIpc) is 3.39. The molecule has 10 heteroatoms. The Morgan fingerprint density at radius 3 is 3.10 bits per heavy atom. The third-order valence-electron chi connectivity index (χ3n) is 5.90. The number of anilines is 1. The van der Waals surface area contributed by atoms with Gasteiger partial charge in [-0.15, -0.1) is 0 Å². The van der Waals surface area contributed by atoms with Crippen LogP contribution in [0.15, 0.2) is 30.9 Å². The molecule has 162 valence electrons. The molecular formula is C21H25FN8O. The standard InChI is InChI=1S/C21H25FN8O/c1-13(27-20-18-19(24-11-23-18)25-12-26-20)21-28-16-5-4-14(22)9-17(16)30(21)15-3-2-6-29(10-15)7-8-31/h4-5,9,11-13,15,31H,2-3,6-8,10H2,1H3,(H2,23,24,25,26,27)/t13-,15-/m1/s1. The molecule has 1 aliphatic rings. The van der Waals surface area contributed by atoms with Crippen molar-refractivity contribution in [3.63, 3.8) is 0 Å². The van der Waals surface area contributed by atoms with Gasteiger partial charge in [0.05, 0.1) is 30.0 Å². The zero-order valence-electron chi connectivity index (χ0n) is 17.3. The number of aliphatic hydroxyl groups is 1. The van der Waals surface area contributed by atoms with Gasteiger partial charge < -0.3 is 20.0 Å². The summed E-state index contributed by atoms with van der Waals surface area (Å²) in [6.07, 6.45) is 5.05. The number of rotatable bonds is 6. The predicted octanol–water partition coefficient (Wildman–Crippen LogP) is 2.64. The summed E-state index contributed by atoms with van der Waals surface area (Å²) in [6, 6.07) is 4.68. The van der Waals surface area contributed by atoms with Crippen LogP contribution >= 0.6 is 0 Å². The van der Waals surface area contributed by atoms with E-state index in [0.717, 1.165) is 48.3 Å². The number of halogens is 1. The average molecular weight is 424 g/mol. The highest BCUT2D eigenvalue weighted by Gasteiger charge is 2.27. The van der Waals surface area contributed by atoms with Crippen LogP contribution in [0.3, 0.4) is 0 Å². The van der Waals surface area contributed by atoms with Crippen molar-refractivity contribution in [3.05, 3.63) is 42.5 Å². The van der Waals surface area contributed by atoms with Crippen LogP contribution in [-0.4, -0.2) is 65.7 Å². The first-order valence-corrected chi connectivity index (χ1v) is 10.5. The van der Waals surface area contributed by atoms with Gasteiger partial charge in [-0.2, -0.15) is 0 Å². The van der Waals surface area contributed by atoms with Crippen molar-refractivity contribution in [2.45, 2.75) is 31.8 Å². The number of aromatic amines is 1. The number of aromatic nitrogens is 6. The molecular weight excluding hydrogens is 399 g/mol. The Labute approximate surface area is 178 Å². The van der Waals surface area contributed by atoms with E-state index in [1.807, 2.05) is 6.92 Å². The second kappa shape index (κ2) is 8.20. The van der Waals surface area contributed by atoms with Crippen LogP contribution < -0.4 is 5.32 Å². The number of nitrogens with zero attached hydrogens (tertiary/aromatic N) is 6. The van der Waals surface area contributed by atoms with Gasteiger partial charge in [0, 0.05) is 19.1 Å². The van der Waals surface area contributed by atoms with Gasteiger partial charge in [-0.25, -0.2) is 24.3 Å². The molecule has 4 aromatic rings. The van der Waals surface area contributed by atoms with Crippen molar-refractivity contribution in [2.24, 2.45) is 0 Å². The fraction of sp³-hybridized carbons (Fsp3) is 0.429. The molecule has 0 amide bonds. The summed E-state index contributed by atoms with van der Waals surface area (Å²) in [5.74, 6) is 1.19. The lowest BCUT2D eigenvalue weighted by atomic mass is 10.0. The third kappa shape index (κ3) is 3.72. The Bertz CT molecular complexity index is 1200. The number of H-pyrrole nitrogens is 1. The highest BCUT2D eigenvalue weighted by atomic mass is 19.1. The van der Waals surface area contributed by atoms with Crippen LogP contribution in [0.1, 0.15) is 37.7 Å². The second-order valence-electron chi connectivity index (χ2n) is 7.98. The number of nitrogens with one attached hydrogen (secondary N) is 2. The SMILES string of the molecule is C[C@@H](Nc1ncnc2nc[nH]c12)c1nc2ccc(F)cc2n1[C@@H]1CCCN(CCO)C1. The van der Waals surface area contributed by atoms with Gasteiger partial charge >= 0.3 is 0 Å². The Balaban J connectivity index is 1.54. The molecule has 0 unspecified atom stereocenters. The fourth-order valence-corrected chi connectivity index (χ4v) is 4.50. The lowest BCUT2D eigenvalue weighted by Gasteiger charge is -2.34. The molecule has 31 heavy (non-hydrogen) atoms. The summed E-state index contributed by atoms with van der Waals surface area (Å²) in [5, 5.41) is 12.8. The fourth-order valence-electron chi connectivity index (χ4n) is 4.50. The van der Waals surface area contributed by atoms with Gasteiger partial charge in [0.2, 0.25) is 0 Å². The van der Waals surface area contributed by atoms with Crippen LogP contribution in [0.4, 0.5) is 10.2 Å². The van der Waals surface area contributed by atoms with E-state index in [9.17, 15) is 9.50 Å². The molecule has 0 aliphatic carbocycles. The van der Waals surface area contributed by atoms with Crippen LogP contribution in [0, 0.1) is 5.82 Å². The number of aliphatic hydroxyl groups excluding tert-OH is 1. The highest BCUT2D eigenvalue weighted by Crippen LogP contribution is 2.32. The lowest BCUT2D eigenvalue weighted by molar-refractivity contribution is 0.142. The molecule has 3 N–H and O–H groups in total. The molecule has 0 radical (unpaired) electrons. The lowest BCUT2D eigenvalue weighted by Crippen LogP contribution is -2.38. The van der Waals surface area contributed by atoms with E-state index in [-0.39, 0.29) is 24.5 Å². The summed E-state index contributed by atoms with van der Waals surface area (Å²) in [4.78, 5) is 22.9. The van der Waals surface area contributed by atoms with Gasteiger partial charge in [-0.1, -0.05) is 0 Å². The number of piperidine rings is 1. The van der Waals surface area contributed by atoms with Crippen molar-refractivity contribution in [3.8, 4) is 0 Å². The van der Waals surface area contributed by atoms with E-state index in [1.54, 1.807) is 18.5 Å². The maximum atomic E-state index is 14.1. The van der Waals surface area contributed by atoms with E-state index < -0.39 is 0 Å². The second-order valence-corrected chi connectivity index (χ2v) is 7.98.